The van der Waals surface area contributed by atoms with Gasteiger partial charge in [0.15, 0.2) is 23.0 Å². The van der Waals surface area contributed by atoms with Gasteiger partial charge in [-0.15, -0.1) is 0 Å². The van der Waals surface area contributed by atoms with Crippen molar-refractivity contribution in [2.75, 3.05) is 18.9 Å². The van der Waals surface area contributed by atoms with Crippen molar-refractivity contribution < 1.29 is 31.8 Å². The molecule has 1 atom stereocenters. The molecule has 3 heterocycles. The average molecular weight is 500 g/mol. The van der Waals surface area contributed by atoms with Crippen LogP contribution in [0.3, 0.4) is 0 Å². The molecule has 1 saturated heterocycles. The van der Waals surface area contributed by atoms with E-state index < -0.39 is 40.9 Å². The van der Waals surface area contributed by atoms with Crippen molar-refractivity contribution in [3.05, 3.63) is 52.6 Å². The van der Waals surface area contributed by atoms with E-state index in [9.17, 15) is 22.4 Å². The van der Waals surface area contributed by atoms with Crippen LogP contribution in [-0.2, 0) is 10.9 Å². The van der Waals surface area contributed by atoms with Gasteiger partial charge in [-0.25, -0.2) is 9.37 Å². The molecule has 1 aliphatic heterocycles. The zero-order chi connectivity index (χ0) is 24.6. The minimum Gasteiger partial charge on any atom is -0.453 e. The minimum atomic E-state index is -4.94. The number of benzene rings is 1. The number of anilines is 1. The molecular formula is C21H18ClF4N5O3. The summed E-state index contributed by atoms with van der Waals surface area (Å²) in [4.78, 5) is 15.9. The predicted molar refractivity (Wildman–Crippen MR) is 114 cm³/mol. The number of pyridine rings is 1. The van der Waals surface area contributed by atoms with Gasteiger partial charge in [-0.2, -0.15) is 18.3 Å². The lowest BCUT2D eigenvalue weighted by Gasteiger charge is -2.24. The monoisotopic (exact) mass is 499 g/mol. The largest absolute Gasteiger partial charge is 0.453 e. The highest BCUT2D eigenvalue weighted by atomic mass is 35.5. The Morgan fingerprint density at radius 2 is 2.03 bits per heavy atom. The zero-order valence-corrected chi connectivity index (χ0v) is 18.2. The molecule has 0 spiro atoms. The summed E-state index contributed by atoms with van der Waals surface area (Å²) in [5.74, 6) is -2.57. The zero-order valence-electron chi connectivity index (χ0n) is 17.4. The highest BCUT2D eigenvalue weighted by Crippen LogP contribution is 2.40. The Kier molecular flexibility index (Phi) is 6.36. The molecule has 0 aliphatic carbocycles. The summed E-state index contributed by atoms with van der Waals surface area (Å²) in [6.07, 6.45) is -2.75. The molecule has 3 aromatic rings. The number of rotatable bonds is 5. The third-order valence-corrected chi connectivity index (χ3v) is 5.59. The van der Waals surface area contributed by atoms with Crippen molar-refractivity contribution in [1.29, 1.82) is 0 Å². The van der Waals surface area contributed by atoms with Crippen molar-refractivity contribution in [3.63, 3.8) is 0 Å². The van der Waals surface area contributed by atoms with Crippen LogP contribution in [0.2, 0.25) is 5.02 Å². The van der Waals surface area contributed by atoms with E-state index in [1.165, 1.54) is 24.4 Å². The summed E-state index contributed by atoms with van der Waals surface area (Å²) in [6, 6.07) is 3.92. The molecule has 1 amide bonds. The van der Waals surface area contributed by atoms with Crippen LogP contribution in [0.5, 0.6) is 11.5 Å². The molecular weight excluding hydrogens is 482 g/mol. The maximum absolute atomic E-state index is 14.9. The van der Waals surface area contributed by atoms with E-state index in [0.29, 0.717) is 24.1 Å². The number of nitrogens with zero attached hydrogens (tertiary/aromatic N) is 3. The first-order chi connectivity index (χ1) is 16.1. The Hall–Kier alpha value is -3.38. The van der Waals surface area contributed by atoms with Crippen molar-refractivity contribution in [2.45, 2.75) is 25.1 Å². The van der Waals surface area contributed by atoms with Crippen LogP contribution in [0.25, 0.3) is 11.3 Å². The quantitative estimate of drug-likeness (QED) is 0.496. The SMILES string of the molecule is NC(=O)c1c(-c2ccc(Oc3ccnc(N)c3Cl)c(F)c2)nn(C2CCCOC2)c1C(F)(F)F. The van der Waals surface area contributed by atoms with Crippen LogP contribution in [0.4, 0.5) is 23.4 Å². The van der Waals surface area contributed by atoms with Gasteiger partial charge in [0, 0.05) is 24.4 Å². The van der Waals surface area contributed by atoms with Crippen molar-refractivity contribution in [1.82, 2.24) is 14.8 Å². The van der Waals surface area contributed by atoms with Gasteiger partial charge >= 0.3 is 6.18 Å². The Morgan fingerprint density at radius 3 is 2.65 bits per heavy atom. The fourth-order valence-corrected chi connectivity index (χ4v) is 3.84. The van der Waals surface area contributed by atoms with Crippen LogP contribution in [-0.4, -0.2) is 33.9 Å². The summed E-state index contributed by atoms with van der Waals surface area (Å²) in [7, 11) is 0. The van der Waals surface area contributed by atoms with Gasteiger partial charge in [0.2, 0.25) is 0 Å². The molecule has 8 nitrogen and oxygen atoms in total. The minimum absolute atomic E-state index is 0.0145. The fourth-order valence-electron chi connectivity index (χ4n) is 3.69. The Bertz CT molecular complexity index is 1240. The van der Waals surface area contributed by atoms with Gasteiger partial charge in [0.25, 0.3) is 5.91 Å². The smallest absolute Gasteiger partial charge is 0.433 e. The van der Waals surface area contributed by atoms with E-state index in [0.717, 1.165) is 6.07 Å². The highest BCUT2D eigenvalue weighted by molar-refractivity contribution is 6.34. The number of hydrogen-bond donors (Lipinski definition) is 2. The second-order valence-corrected chi connectivity index (χ2v) is 7.88. The number of alkyl halides is 3. The van der Waals surface area contributed by atoms with E-state index in [-0.39, 0.29) is 34.5 Å². The van der Waals surface area contributed by atoms with Crippen LogP contribution in [0.15, 0.2) is 30.5 Å². The van der Waals surface area contributed by atoms with Gasteiger partial charge in [0.1, 0.15) is 16.5 Å². The number of aromatic nitrogens is 3. The lowest BCUT2D eigenvalue weighted by atomic mass is 10.0. The van der Waals surface area contributed by atoms with Gasteiger partial charge in [0.05, 0.1) is 18.2 Å². The number of ether oxygens (including phenoxy) is 2. The molecule has 0 bridgehead atoms. The fraction of sp³-hybridized carbons (Fsp3) is 0.286. The number of nitrogen functional groups attached to an aromatic ring is 1. The summed E-state index contributed by atoms with van der Waals surface area (Å²) < 4.78 is 68.2. The Morgan fingerprint density at radius 1 is 1.26 bits per heavy atom. The first-order valence-corrected chi connectivity index (χ1v) is 10.4. The molecule has 0 saturated carbocycles. The summed E-state index contributed by atoms with van der Waals surface area (Å²) >= 11 is 6.00. The van der Waals surface area contributed by atoms with Crippen molar-refractivity contribution in [3.8, 4) is 22.8 Å². The molecule has 1 fully saturated rings. The van der Waals surface area contributed by atoms with E-state index in [4.69, 9.17) is 32.5 Å². The Labute approximate surface area is 195 Å². The molecule has 2 aromatic heterocycles. The maximum atomic E-state index is 14.9. The topological polar surface area (TPSA) is 118 Å². The molecule has 180 valence electrons. The van der Waals surface area contributed by atoms with E-state index >= 15 is 0 Å². The first kappa shape index (κ1) is 23.8. The number of hydrogen-bond acceptors (Lipinski definition) is 6. The molecule has 4 rings (SSSR count). The molecule has 34 heavy (non-hydrogen) atoms. The summed E-state index contributed by atoms with van der Waals surface area (Å²) in [5.41, 5.74) is 8.27. The third-order valence-electron chi connectivity index (χ3n) is 5.21. The van der Waals surface area contributed by atoms with Crippen LogP contribution < -0.4 is 16.2 Å². The molecule has 1 aliphatic rings. The average Bonchev–Trinajstić information content (AvgIpc) is 3.20. The first-order valence-electron chi connectivity index (χ1n) is 10.0. The predicted octanol–water partition coefficient (Wildman–Crippen LogP) is 4.58. The van der Waals surface area contributed by atoms with E-state index in [1.54, 1.807) is 0 Å². The standard InChI is InChI=1S/C21H18ClF4N5O3/c22-16-14(5-6-29-19(16)27)34-13-4-3-10(8-12(13)23)17-15(20(28)32)18(21(24,25)26)31(30-17)11-2-1-7-33-9-11/h3-6,8,11H,1-2,7,9H2,(H2,27,29)(H2,28,32). The number of carbonyl (C=O) groups is 1. The number of carbonyl (C=O) groups excluding carboxylic acids is 1. The molecule has 1 unspecified atom stereocenters. The molecule has 4 N–H and O–H groups in total. The second kappa shape index (κ2) is 9.11. The van der Waals surface area contributed by atoms with Gasteiger partial charge in [-0.1, -0.05) is 11.6 Å². The van der Waals surface area contributed by atoms with Crippen molar-refractivity contribution in [2.24, 2.45) is 5.73 Å². The van der Waals surface area contributed by atoms with Crippen LogP contribution >= 0.6 is 11.6 Å². The lowest BCUT2D eigenvalue weighted by Crippen LogP contribution is -2.28. The second-order valence-electron chi connectivity index (χ2n) is 7.51. The highest BCUT2D eigenvalue weighted by Gasteiger charge is 2.43. The van der Waals surface area contributed by atoms with Gasteiger partial charge < -0.3 is 20.9 Å². The van der Waals surface area contributed by atoms with Crippen LogP contribution in [0, 0.1) is 5.82 Å². The molecule has 1 aromatic carbocycles. The maximum Gasteiger partial charge on any atom is 0.433 e. The molecule has 13 heteroatoms. The summed E-state index contributed by atoms with van der Waals surface area (Å²) in [5, 5.41) is 4.00. The normalized spacial score (nSPS) is 16.4. The molecule has 0 radical (unpaired) electrons. The lowest BCUT2D eigenvalue weighted by molar-refractivity contribution is -0.146. The van der Waals surface area contributed by atoms with Crippen molar-refractivity contribution >= 4 is 23.3 Å². The number of nitrogens with two attached hydrogens (primary N) is 2. The number of primary amides is 1. The van der Waals surface area contributed by atoms with Crippen LogP contribution in [0.1, 0.15) is 34.9 Å². The third kappa shape index (κ3) is 4.50. The number of halogens is 5. The number of amides is 1. The van der Waals surface area contributed by atoms with E-state index in [2.05, 4.69) is 10.1 Å². The van der Waals surface area contributed by atoms with Gasteiger partial charge in [-0.05, 0) is 31.0 Å². The summed E-state index contributed by atoms with van der Waals surface area (Å²) in [6.45, 7) is 0.397. The van der Waals surface area contributed by atoms with Gasteiger partial charge in [-0.3, -0.25) is 9.48 Å². The van der Waals surface area contributed by atoms with E-state index in [1.807, 2.05) is 0 Å². The Balaban J connectivity index is 1.79.